The minimum Gasteiger partial charge on any atom is -0.494 e. The second kappa shape index (κ2) is 12.7. The monoisotopic (exact) mass is 493 g/mol. The number of benzene rings is 2. The van der Waals surface area contributed by atoms with Crippen LogP contribution in [0.3, 0.4) is 0 Å². The van der Waals surface area contributed by atoms with Crippen LogP contribution in [0.2, 0.25) is 0 Å². The van der Waals surface area contributed by atoms with Crippen LogP contribution < -0.4 is 15.4 Å². The van der Waals surface area contributed by atoms with Crippen LogP contribution in [-0.4, -0.2) is 92.7 Å². The van der Waals surface area contributed by atoms with E-state index in [2.05, 4.69) is 33.5 Å². The fraction of sp³-hybridized carbons (Fsp3) is 0.500. The summed E-state index contributed by atoms with van der Waals surface area (Å²) in [5.41, 5.74) is 2.54. The Bertz CT molecular complexity index is 1000. The molecule has 4 rings (SSSR count). The molecule has 0 bridgehead atoms. The van der Waals surface area contributed by atoms with Crippen LogP contribution in [0.15, 0.2) is 48.5 Å². The number of anilines is 1. The molecule has 1 unspecified atom stereocenters. The average Bonchev–Trinajstić information content (AvgIpc) is 2.91. The Balaban J connectivity index is 1.29. The van der Waals surface area contributed by atoms with E-state index in [1.165, 1.54) is 0 Å². The Morgan fingerprint density at radius 1 is 1.03 bits per heavy atom. The van der Waals surface area contributed by atoms with Gasteiger partial charge in [0.2, 0.25) is 0 Å². The van der Waals surface area contributed by atoms with Gasteiger partial charge in [0.1, 0.15) is 5.75 Å². The molecule has 2 N–H and O–H groups in total. The van der Waals surface area contributed by atoms with E-state index in [-0.39, 0.29) is 17.9 Å². The number of urea groups is 1. The molecule has 0 radical (unpaired) electrons. The maximum Gasteiger partial charge on any atom is 0.321 e. The number of ether oxygens (including phenoxy) is 1. The first-order valence-corrected chi connectivity index (χ1v) is 13.1. The van der Waals surface area contributed by atoms with Gasteiger partial charge in [0, 0.05) is 69.5 Å². The summed E-state index contributed by atoms with van der Waals surface area (Å²) in [5.74, 6) is 0.964. The zero-order valence-corrected chi connectivity index (χ0v) is 21.5. The average molecular weight is 494 g/mol. The first kappa shape index (κ1) is 26.0. The number of piperidine rings is 1. The standard InChI is InChI=1S/C28H39N5O3/c1-3-36-26-11-9-25(10-12-26)30-28(35)33-14-5-8-24(21-33)22-6-4-7-23(20-22)27(34)29-13-15-32-18-16-31(2)17-19-32/h4,6-7,9-12,20,24H,3,5,8,13-19,21H2,1-2H3,(H,29,34)(H,30,35). The molecule has 0 aliphatic carbocycles. The van der Waals surface area contributed by atoms with Gasteiger partial charge in [-0.15, -0.1) is 0 Å². The third kappa shape index (κ3) is 7.21. The lowest BCUT2D eigenvalue weighted by atomic mass is 9.89. The fourth-order valence-electron chi connectivity index (χ4n) is 4.87. The highest BCUT2D eigenvalue weighted by atomic mass is 16.5. The Hall–Kier alpha value is -3.10. The molecule has 2 aromatic rings. The number of carbonyl (C=O) groups is 2. The van der Waals surface area contributed by atoms with Crippen molar-refractivity contribution in [2.45, 2.75) is 25.7 Å². The molecular weight excluding hydrogens is 454 g/mol. The van der Waals surface area contributed by atoms with Gasteiger partial charge in [-0.05, 0) is 68.8 Å². The summed E-state index contributed by atoms with van der Waals surface area (Å²) < 4.78 is 5.47. The van der Waals surface area contributed by atoms with Crippen LogP contribution in [0.25, 0.3) is 0 Å². The van der Waals surface area contributed by atoms with Gasteiger partial charge in [-0.2, -0.15) is 0 Å². The second-order valence-electron chi connectivity index (χ2n) is 9.70. The van der Waals surface area contributed by atoms with Gasteiger partial charge >= 0.3 is 6.03 Å². The molecule has 1 atom stereocenters. The predicted molar refractivity (Wildman–Crippen MR) is 143 cm³/mol. The molecule has 2 aliphatic rings. The summed E-state index contributed by atoms with van der Waals surface area (Å²) in [7, 11) is 2.14. The van der Waals surface area contributed by atoms with Crippen LogP contribution in [0.4, 0.5) is 10.5 Å². The van der Waals surface area contributed by atoms with E-state index in [1.807, 2.05) is 54.3 Å². The smallest absolute Gasteiger partial charge is 0.321 e. The number of hydrogen-bond acceptors (Lipinski definition) is 5. The third-order valence-electron chi connectivity index (χ3n) is 7.05. The number of rotatable bonds is 8. The van der Waals surface area contributed by atoms with Crippen molar-refractivity contribution >= 4 is 17.6 Å². The minimum absolute atomic E-state index is 0.0353. The van der Waals surface area contributed by atoms with Crippen molar-refractivity contribution in [1.82, 2.24) is 20.0 Å². The molecule has 3 amide bonds. The van der Waals surface area contributed by atoms with Crippen molar-refractivity contribution < 1.29 is 14.3 Å². The number of amides is 3. The summed E-state index contributed by atoms with van der Waals surface area (Å²) in [4.78, 5) is 32.3. The van der Waals surface area contributed by atoms with Crippen LogP contribution in [0.1, 0.15) is 41.6 Å². The van der Waals surface area contributed by atoms with Crippen molar-refractivity contribution in [2.75, 3.05) is 71.3 Å². The van der Waals surface area contributed by atoms with Crippen molar-refractivity contribution in [3.05, 3.63) is 59.7 Å². The lowest BCUT2D eigenvalue weighted by molar-refractivity contribution is 0.0940. The van der Waals surface area contributed by atoms with E-state index < -0.39 is 0 Å². The Kier molecular flexibility index (Phi) is 9.19. The molecule has 0 aromatic heterocycles. The molecule has 2 aliphatic heterocycles. The number of likely N-dealkylation sites (N-methyl/N-ethyl adjacent to an activating group) is 1. The van der Waals surface area contributed by atoms with E-state index in [0.717, 1.165) is 69.1 Å². The first-order chi connectivity index (χ1) is 17.5. The van der Waals surface area contributed by atoms with Gasteiger partial charge in [-0.25, -0.2) is 4.79 Å². The molecule has 0 saturated carbocycles. The Morgan fingerprint density at radius 3 is 2.56 bits per heavy atom. The molecule has 2 heterocycles. The highest BCUT2D eigenvalue weighted by Crippen LogP contribution is 2.28. The number of carbonyl (C=O) groups excluding carboxylic acids is 2. The highest BCUT2D eigenvalue weighted by molar-refractivity contribution is 5.94. The first-order valence-electron chi connectivity index (χ1n) is 13.1. The number of hydrogen-bond donors (Lipinski definition) is 2. The summed E-state index contributed by atoms with van der Waals surface area (Å²) in [6.07, 6.45) is 1.93. The van der Waals surface area contributed by atoms with Gasteiger partial charge in [0.15, 0.2) is 0 Å². The van der Waals surface area contributed by atoms with Crippen LogP contribution >= 0.6 is 0 Å². The minimum atomic E-state index is -0.0957. The molecule has 194 valence electrons. The third-order valence-corrected chi connectivity index (χ3v) is 7.05. The van der Waals surface area contributed by atoms with Gasteiger partial charge in [-0.1, -0.05) is 12.1 Å². The van der Waals surface area contributed by atoms with Crippen LogP contribution in [0.5, 0.6) is 5.75 Å². The van der Waals surface area contributed by atoms with Crippen molar-refractivity contribution in [2.24, 2.45) is 0 Å². The SMILES string of the molecule is CCOc1ccc(NC(=O)N2CCCC(c3cccc(C(=O)NCCN4CCN(C)CC4)c3)C2)cc1. The largest absolute Gasteiger partial charge is 0.494 e. The summed E-state index contributed by atoms with van der Waals surface area (Å²) in [6.45, 7) is 9.69. The van der Waals surface area contributed by atoms with Crippen LogP contribution in [-0.2, 0) is 0 Å². The fourth-order valence-corrected chi connectivity index (χ4v) is 4.87. The predicted octanol–water partition coefficient (Wildman–Crippen LogP) is 3.47. The van der Waals surface area contributed by atoms with E-state index in [4.69, 9.17) is 4.74 Å². The topological polar surface area (TPSA) is 77.1 Å². The maximum atomic E-state index is 12.9. The molecular formula is C28H39N5O3. The number of nitrogens with zero attached hydrogens (tertiary/aromatic N) is 3. The molecule has 8 nitrogen and oxygen atoms in total. The van der Waals surface area contributed by atoms with Gasteiger partial charge in [0.05, 0.1) is 6.61 Å². The molecule has 2 fully saturated rings. The zero-order valence-electron chi connectivity index (χ0n) is 21.5. The van der Waals surface area contributed by atoms with E-state index in [1.54, 1.807) is 0 Å². The summed E-state index contributed by atoms with van der Waals surface area (Å²) in [5, 5.41) is 6.07. The number of likely N-dealkylation sites (tertiary alicyclic amines) is 1. The zero-order chi connectivity index (χ0) is 25.3. The Labute approximate surface area is 214 Å². The highest BCUT2D eigenvalue weighted by Gasteiger charge is 2.25. The number of nitrogens with one attached hydrogen (secondary N) is 2. The second-order valence-corrected chi connectivity index (χ2v) is 9.70. The van der Waals surface area contributed by atoms with Gasteiger partial charge in [-0.3, -0.25) is 9.69 Å². The summed E-state index contributed by atoms with van der Waals surface area (Å²) in [6, 6.07) is 15.2. The summed E-state index contributed by atoms with van der Waals surface area (Å²) >= 11 is 0. The van der Waals surface area contributed by atoms with E-state index >= 15 is 0 Å². The molecule has 2 saturated heterocycles. The normalized spacial score (nSPS) is 19.1. The quantitative estimate of drug-likeness (QED) is 0.589. The lowest BCUT2D eigenvalue weighted by Crippen LogP contribution is -2.46. The maximum absolute atomic E-state index is 12.9. The van der Waals surface area contributed by atoms with Gasteiger partial charge < -0.3 is 25.2 Å². The van der Waals surface area contributed by atoms with Crippen molar-refractivity contribution in [3.63, 3.8) is 0 Å². The molecule has 2 aromatic carbocycles. The van der Waals surface area contributed by atoms with Crippen LogP contribution in [0, 0.1) is 0 Å². The molecule has 8 heteroatoms. The van der Waals surface area contributed by atoms with Crippen molar-refractivity contribution in [3.8, 4) is 5.75 Å². The van der Waals surface area contributed by atoms with Crippen molar-refractivity contribution in [1.29, 1.82) is 0 Å². The van der Waals surface area contributed by atoms with Gasteiger partial charge in [0.25, 0.3) is 5.91 Å². The molecule has 0 spiro atoms. The van der Waals surface area contributed by atoms with E-state index in [9.17, 15) is 9.59 Å². The lowest BCUT2D eigenvalue weighted by Gasteiger charge is -2.33. The Morgan fingerprint density at radius 2 is 1.81 bits per heavy atom. The number of piperazine rings is 1. The van der Waals surface area contributed by atoms with E-state index in [0.29, 0.717) is 25.3 Å². The molecule has 36 heavy (non-hydrogen) atoms.